The van der Waals surface area contributed by atoms with Crippen LogP contribution in [0.4, 0.5) is 4.39 Å². The van der Waals surface area contributed by atoms with E-state index in [9.17, 15) is 4.39 Å². The predicted octanol–water partition coefficient (Wildman–Crippen LogP) is 3.74. The fraction of sp³-hybridized carbons (Fsp3) is 0.333. The maximum absolute atomic E-state index is 13.3. The minimum atomic E-state index is -0.131. The average Bonchev–Trinajstić information content (AvgIpc) is 2.67. The van der Waals surface area contributed by atoms with Crippen LogP contribution < -0.4 is 5.32 Å². The first kappa shape index (κ1) is 11.9. The Balaban J connectivity index is 2.08. The Labute approximate surface area is 111 Å². The van der Waals surface area contributed by atoms with E-state index < -0.39 is 0 Å². The number of aryl methyl sites for hydroxylation is 2. The van der Waals surface area contributed by atoms with Crippen molar-refractivity contribution in [3.8, 4) is 0 Å². The third-order valence-electron chi connectivity index (χ3n) is 3.50. The topological polar surface area (TPSA) is 12.0 Å². The minimum absolute atomic E-state index is 0.131. The lowest BCUT2D eigenvalue weighted by molar-refractivity contribution is 0.562. The number of fused-ring (bicyclic) bond motifs is 1. The monoisotopic (exact) mass is 261 g/mol. The number of hydrogen-bond donors (Lipinski definition) is 1. The van der Waals surface area contributed by atoms with Gasteiger partial charge in [0, 0.05) is 16.3 Å². The maximum atomic E-state index is 13.3. The smallest absolute Gasteiger partial charge is 0.123 e. The Bertz CT molecular complexity index is 588. The minimum Gasteiger partial charge on any atom is -0.305 e. The standard InChI is InChI=1S/C15H16FNS/c1-9-7-10(2)18-15(9)14-13-4-3-12(16)8-11(13)5-6-17-14/h3-4,7-8,14,17H,5-6H2,1-2H3. The Morgan fingerprint density at radius 1 is 1.28 bits per heavy atom. The molecule has 2 heterocycles. The van der Waals surface area contributed by atoms with Gasteiger partial charge in [0.15, 0.2) is 0 Å². The normalized spacial score (nSPS) is 18.7. The van der Waals surface area contributed by atoms with Crippen LogP contribution in [0.1, 0.15) is 32.5 Å². The van der Waals surface area contributed by atoms with Crippen LogP contribution in [-0.4, -0.2) is 6.54 Å². The summed E-state index contributed by atoms with van der Waals surface area (Å²) in [5, 5.41) is 3.55. The van der Waals surface area contributed by atoms with Gasteiger partial charge in [0.05, 0.1) is 6.04 Å². The zero-order valence-corrected chi connectivity index (χ0v) is 11.4. The van der Waals surface area contributed by atoms with Gasteiger partial charge in [-0.05, 0) is 55.2 Å². The summed E-state index contributed by atoms with van der Waals surface area (Å²) in [6, 6.07) is 7.62. The van der Waals surface area contributed by atoms with Crippen molar-refractivity contribution in [3.05, 3.63) is 56.5 Å². The number of nitrogens with one attached hydrogen (secondary N) is 1. The molecule has 1 aromatic heterocycles. The molecule has 94 valence electrons. The van der Waals surface area contributed by atoms with E-state index in [4.69, 9.17) is 0 Å². The molecular weight excluding hydrogens is 245 g/mol. The zero-order valence-electron chi connectivity index (χ0n) is 10.6. The molecule has 1 atom stereocenters. The summed E-state index contributed by atoms with van der Waals surface area (Å²) in [4.78, 5) is 2.69. The first-order chi connectivity index (χ1) is 8.65. The molecule has 0 radical (unpaired) electrons. The highest BCUT2D eigenvalue weighted by Crippen LogP contribution is 2.35. The zero-order chi connectivity index (χ0) is 12.7. The third kappa shape index (κ3) is 1.98. The molecule has 1 unspecified atom stereocenters. The van der Waals surface area contributed by atoms with Gasteiger partial charge >= 0.3 is 0 Å². The molecular formula is C15H16FNS. The van der Waals surface area contributed by atoms with Crippen LogP contribution in [0.15, 0.2) is 24.3 Å². The van der Waals surface area contributed by atoms with Crippen molar-refractivity contribution < 1.29 is 4.39 Å². The molecule has 0 aliphatic carbocycles. The van der Waals surface area contributed by atoms with Crippen molar-refractivity contribution in [1.29, 1.82) is 0 Å². The maximum Gasteiger partial charge on any atom is 0.123 e. The molecule has 18 heavy (non-hydrogen) atoms. The van der Waals surface area contributed by atoms with Gasteiger partial charge in [0.1, 0.15) is 5.82 Å². The van der Waals surface area contributed by atoms with Crippen molar-refractivity contribution in [2.24, 2.45) is 0 Å². The second-order valence-electron chi connectivity index (χ2n) is 4.88. The summed E-state index contributed by atoms with van der Waals surface area (Å²) in [5.74, 6) is -0.131. The quantitative estimate of drug-likeness (QED) is 0.824. The molecule has 0 spiro atoms. The largest absolute Gasteiger partial charge is 0.305 e. The first-order valence-corrected chi connectivity index (χ1v) is 7.05. The Hall–Kier alpha value is -1.19. The third-order valence-corrected chi connectivity index (χ3v) is 4.72. The number of thiophene rings is 1. The SMILES string of the molecule is Cc1cc(C)c(C2NCCc3cc(F)ccc32)s1. The highest BCUT2D eigenvalue weighted by atomic mass is 32.1. The van der Waals surface area contributed by atoms with E-state index in [1.165, 1.54) is 20.9 Å². The highest BCUT2D eigenvalue weighted by Gasteiger charge is 2.24. The predicted molar refractivity (Wildman–Crippen MR) is 73.7 cm³/mol. The van der Waals surface area contributed by atoms with Crippen molar-refractivity contribution in [1.82, 2.24) is 5.32 Å². The molecule has 1 aromatic carbocycles. The van der Waals surface area contributed by atoms with Crippen LogP contribution in [0.5, 0.6) is 0 Å². The molecule has 1 aliphatic rings. The Morgan fingerprint density at radius 3 is 2.83 bits per heavy atom. The van der Waals surface area contributed by atoms with Gasteiger partial charge in [0.2, 0.25) is 0 Å². The molecule has 1 nitrogen and oxygen atoms in total. The number of benzene rings is 1. The van der Waals surface area contributed by atoms with Gasteiger partial charge in [-0.1, -0.05) is 6.07 Å². The molecule has 1 aliphatic heterocycles. The Morgan fingerprint density at radius 2 is 2.11 bits per heavy atom. The van der Waals surface area contributed by atoms with Crippen LogP contribution in [0.2, 0.25) is 0 Å². The molecule has 2 aromatic rings. The molecule has 0 fully saturated rings. The fourth-order valence-electron chi connectivity index (χ4n) is 2.71. The number of rotatable bonds is 1. The molecule has 3 rings (SSSR count). The van der Waals surface area contributed by atoms with E-state index in [0.29, 0.717) is 0 Å². The van der Waals surface area contributed by atoms with Gasteiger partial charge in [-0.15, -0.1) is 11.3 Å². The number of halogens is 1. The summed E-state index contributed by atoms with van der Waals surface area (Å²) in [5.41, 5.74) is 3.70. The van der Waals surface area contributed by atoms with E-state index in [0.717, 1.165) is 18.5 Å². The lowest BCUT2D eigenvalue weighted by Crippen LogP contribution is -2.30. The molecule has 1 N–H and O–H groups in total. The first-order valence-electron chi connectivity index (χ1n) is 6.24. The van der Waals surface area contributed by atoms with Gasteiger partial charge < -0.3 is 5.32 Å². The van der Waals surface area contributed by atoms with Crippen LogP contribution in [0, 0.1) is 19.7 Å². The summed E-state index contributed by atoms with van der Waals surface area (Å²) in [7, 11) is 0. The Kier molecular flexibility index (Phi) is 2.96. The summed E-state index contributed by atoms with van der Waals surface area (Å²) >= 11 is 1.83. The van der Waals surface area contributed by atoms with Gasteiger partial charge in [-0.2, -0.15) is 0 Å². The summed E-state index contributed by atoms with van der Waals surface area (Å²) < 4.78 is 13.3. The fourth-order valence-corrected chi connectivity index (χ4v) is 3.84. The van der Waals surface area contributed by atoms with Gasteiger partial charge in [-0.3, -0.25) is 0 Å². The summed E-state index contributed by atoms with van der Waals surface area (Å²) in [6.45, 7) is 5.20. The molecule has 0 bridgehead atoms. The van der Waals surface area contributed by atoms with Crippen molar-refractivity contribution in [3.63, 3.8) is 0 Å². The van der Waals surface area contributed by atoms with Crippen molar-refractivity contribution in [2.75, 3.05) is 6.54 Å². The van der Waals surface area contributed by atoms with Gasteiger partial charge in [0.25, 0.3) is 0 Å². The van der Waals surface area contributed by atoms with E-state index >= 15 is 0 Å². The van der Waals surface area contributed by atoms with Crippen LogP contribution in [0.25, 0.3) is 0 Å². The average molecular weight is 261 g/mol. The molecule has 0 saturated carbocycles. The van der Waals surface area contributed by atoms with Crippen LogP contribution in [-0.2, 0) is 6.42 Å². The van der Waals surface area contributed by atoms with Crippen LogP contribution in [0.3, 0.4) is 0 Å². The van der Waals surface area contributed by atoms with Gasteiger partial charge in [-0.25, -0.2) is 4.39 Å². The second-order valence-corrected chi connectivity index (χ2v) is 6.17. The molecule has 0 amide bonds. The highest BCUT2D eigenvalue weighted by molar-refractivity contribution is 7.12. The lowest BCUT2D eigenvalue weighted by Gasteiger charge is -2.27. The number of hydrogen-bond acceptors (Lipinski definition) is 2. The van der Waals surface area contributed by atoms with E-state index in [1.807, 2.05) is 17.4 Å². The van der Waals surface area contributed by atoms with Crippen LogP contribution >= 0.6 is 11.3 Å². The van der Waals surface area contributed by atoms with Crippen molar-refractivity contribution >= 4 is 11.3 Å². The molecule has 0 saturated heterocycles. The summed E-state index contributed by atoms with van der Waals surface area (Å²) in [6.07, 6.45) is 0.910. The second kappa shape index (κ2) is 4.48. The van der Waals surface area contributed by atoms with E-state index in [2.05, 4.69) is 25.2 Å². The lowest BCUT2D eigenvalue weighted by atomic mass is 9.92. The molecule has 3 heteroatoms. The van der Waals surface area contributed by atoms with E-state index in [-0.39, 0.29) is 11.9 Å². The van der Waals surface area contributed by atoms with Crippen molar-refractivity contribution in [2.45, 2.75) is 26.3 Å². The van der Waals surface area contributed by atoms with E-state index in [1.54, 1.807) is 12.1 Å².